The lowest BCUT2D eigenvalue weighted by Crippen LogP contribution is -2.39. The van der Waals surface area contributed by atoms with Gasteiger partial charge < -0.3 is 9.53 Å². The largest absolute Gasteiger partial charge is 0.490 e. The molecule has 1 aromatic heterocycles. The first-order chi connectivity index (χ1) is 16.7. The molecule has 0 saturated heterocycles. The van der Waals surface area contributed by atoms with Crippen LogP contribution in [-0.4, -0.2) is 31.7 Å². The van der Waals surface area contributed by atoms with Crippen LogP contribution in [0.3, 0.4) is 0 Å². The van der Waals surface area contributed by atoms with Crippen LogP contribution in [0.4, 0.5) is 0 Å². The van der Waals surface area contributed by atoms with Gasteiger partial charge in [0.05, 0.1) is 15.8 Å². The average molecular weight is 495 g/mol. The normalized spacial score (nSPS) is 15.4. The van der Waals surface area contributed by atoms with Gasteiger partial charge in [0, 0.05) is 23.1 Å². The molecule has 0 spiro atoms. The van der Waals surface area contributed by atoms with Gasteiger partial charge in [-0.05, 0) is 68.5 Å². The second-order valence-electron chi connectivity index (χ2n) is 9.03. The molecule has 1 amide bonds. The summed E-state index contributed by atoms with van der Waals surface area (Å²) in [7, 11) is -4.14. The zero-order valence-electron chi connectivity index (χ0n) is 20.2. The first kappa shape index (κ1) is 24.9. The highest BCUT2D eigenvalue weighted by Crippen LogP contribution is 2.52. The van der Waals surface area contributed by atoms with Gasteiger partial charge in [-0.2, -0.15) is 0 Å². The predicted octanol–water partition coefficient (Wildman–Crippen LogP) is 4.39. The number of aromatic nitrogens is 1. The Balaban J connectivity index is 1.69. The molecule has 1 aliphatic carbocycles. The van der Waals surface area contributed by atoms with Gasteiger partial charge in [0.1, 0.15) is 18.1 Å². The first-order valence-electron chi connectivity index (χ1n) is 11.9. The van der Waals surface area contributed by atoms with Gasteiger partial charge in [-0.25, -0.2) is 13.1 Å². The second-order valence-corrected chi connectivity index (χ2v) is 10.7. The van der Waals surface area contributed by atoms with Gasteiger partial charge in [-0.3, -0.25) is 9.78 Å². The van der Waals surface area contributed by atoms with E-state index in [-0.39, 0.29) is 17.4 Å². The highest BCUT2D eigenvalue weighted by Gasteiger charge is 2.54. The van der Waals surface area contributed by atoms with Crippen molar-refractivity contribution in [2.24, 2.45) is 0 Å². The van der Waals surface area contributed by atoms with E-state index in [0.717, 1.165) is 24.0 Å². The SMILES string of the molecule is CCc1ccc(O[C@H](CC)CC=O)c(C2(C(=O)NS(=O)(=O)c3cccc4nc(C)ccc34)CC2)c1. The molecule has 0 aliphatic heterocycles. The van der Waals surface area contributed by atoms with Crippen molar-refractivity contribution in [2.45, 2.75) is 69.3 Å². The third-order valence-corrected chi connectivity index (χ3v) is 8.00. The molecule has 8 heteroatoms. The van der Waals surface area contributed by atoms with Crippen LogP contribution in [0, 0.1) is 6.92 Å². The summed E-state index contributed by atoms with van der Waals surface area (Å²) in [6.45, 7) is 5.78. The molecule has 0 radical (unpaired) electrons. The van der Waals surface area contributed by atoms with Crippen LogP contribution in [0.2, 0.25) is 0 Å². The minimum Gasteiger partial charge on any atom is -0.490 e. The summed E-state index contributed by atoms with van der Waals surface area (Å²) >= 11 is 0. The number of sulfonamides is 1. The monoisotopic (exact) mass is 494 g/mol. The van der Waals surface area contributed by atoms with Gasteiger partial charge in [-0.1, -0.05) is 32.0 Å². The summed E-state index contributed by atoms with van der Waals surface area (Å²) in [5, 5.41) is 0.458. The highest BCUT2D eigenvalue weighted by atomic mass is 32.2. The van der Waals surface area contributed by atoms with Gasteiger partial charge in [-0.15, -0.1) is 0 Å². The summed E-state index contributed by atoms with van der Waals surface area (Å²) < 4.78 is 35.1. The molecule has 7 nitrogen and oxygen atoms in total. The number of pyridine rings is 1. The minimum absolute atomic E-state index is 0.0162. The number of fused-ring (bicyclic) bond motifs is 1. The van der Waals surface area contributed by atoms with Crippen molar-refractivity contribution in [3.8, 4) is 5.75 Å². The Kier molecular flexibility index (Phi) is 6.94. The number of benzene rings is 2. The van der Waals surface area contributed by atoms with Gasteiger partial charge >= 0.3 is 0 Å². The smallest absolute Gasteiger partial charge is 0.264 e. The molecule has 2 aromatic carbocycles. The third kappa shape index (κ3) is 4.93. The molecule has 1 fully saturated rings. The zero-order chi connectivity index (χ0) is 25.2. The molecule has 0 bridgehead atoms. The minimum atomic E-state index is -4.14. The van der Waals surface area contributed by atoms with E-state index in [1.54, 1.807) is 24.3 Å². The zero-order valence-corrected chi connectivity index (χ0v) is 21.0. The number of nitrogens with zero attached hydrogens (tertiary/aromatic N) is 1. The maximum atomic E-state index is 13.5. The summed E-state index contributed by atoms with van der Waals surface area (Å²) in [6.07, 6.45) is 3.17. The molecular weight excluding hydrogens is 464 g/mol. The van der Waals surface area contributed by atoms with Gasteiger partial charge in [0.2, 0.25) is 5.91 Å². The Bertz CT molecular complexity index is 1380. The van der Waals surface area contributed by atoms with Crippen molar-refractivity contribution in [1.29, 1.82) is 0 Å². The fraction of sp³-hybridized carbons (Fsp3) is 0.370. The molecule has 4 rings (SSSR count). The number of carbonyl (C=O) groups is 2. The van der Waals surface area contributed by atoms with Gasteiger partial charge in [0.25, 0.3) is 10.0 Å². The second kappa shape index (κ2) is 9.77. The number of aryl methyl sites for hydroxylation is 2. The molecule has 1 aliphatic rings. The molecule has 184 valence electrons. The fourth-order valence-electron chi connectivity index (χ4n) is 4.34. The Morgan fingerprint density at radius 3 is 2.60 bits per heavy atom. The lowest BCUT2D eigenvalue weighted by molar-refractivity contribution is -0.121. The van der Waals surface area contributed by atoms with Crippen molar-refractivity contribution < 1.29 is 22.7 Å². The first-order valence-corrected chi connectivity index (χ1v) is 13.4. The molecule has 1 atom stereocenters. The standard InChI is InChI=1S/C27H30N2O5S/c1-4-19-10-12-24(34-20(5-2)13-16-30)22(17-19)27(14-15-27)26(31)29-35(32,33)25-8-6-7-23-21(25)11-9-18(3)28-23/h6-12,16-17,20H,4-5,13-15H2,1-3H3,(H,29,31)/t20-/m1/s1. The van der Waals surface area contributed by atoms with E-state index < -0.39 is 21.3 Å². The fourth-order valence-corrected chi connectivity index (χ4v) is 5.61. The van der Waals surface area contributed by atoms with E-state index in [0.29, 0.717) is 41.5 Å². The quantitative estimate of drug-likeness (QED) is 0.420. The topological polar surface area (TPSA) is 102 Å². The summed E-state index contributed by atoms with van der Waals surface area (Å²) in [4.78, 5) is 29.0. The third-order valence-electron chi connectivity index (χ3n) is 6.61. The lowest BCUT2D eigenvalue weighted by Gasteiger charge is -2.23. The number of aldehydes is 1. The number of hydrogen-bond acceptors (Lipinski definition) is 6. The van der Waals surface area contributed by atoms with Crippen molar-refractivity contribution in [1.82, 2.24) is 9.71 Å². The van der Waals surface area contributed by atoms with Crippen molar-refractivity contribution in [2.75, 3.05) is 0 Å². The lowest BCUT2D eigenvalue weighted by atomic mass is 9.92. The highest BCUT2D eigenvalue weighted by molar-refractivity contribution is 7.90. The molecular formula is C27H30N2O5S. The number of hydrogen-bond donors (Lipinski definition) is 1. The molecule has 3 aromatic rings. The van der Waals surface area contributed by atoms with E-state index in [2.05, 4.69) is 9.71 Å². The van der Waals surface area contributed by atoms with Crippen LogP contribution < -0.4 is 9.46 Å². The van der Waals surface area contributed by atoms with E-state index in [1.165, 1.54) is 6.07 Å². The Hall–Kier alpha value is -3.26. The Morgan fingerprint density at radius 1 is 1.17 bits per heavy atom. The van der Waals surface area contributed by atoms with E-state index >= 15 is 0 Å². The van der Waals surface area contributed by atoms with Crippen molar-refractivity contribution >= 4 is 33.1 Å². The van der Waals surface area contributed by atoms with E-state index in [4.69, 9.17) is 4.74 Å². The summed E-state index contributed by atoms with van der Waals surface area (Å²) in [5.41, 5.74) is 2.02. The van der Waals surface area contributed by atoms with E-state index in [1.807, 2.05) is 39.0 Å². The Morgan fingerprint density at radius 2 is 1.94 bits per heavy atom. The molecule has 1 N–H and O–H groups in total. The van der Waals surface area contributed by atoms with Crippen LogP contribution >= 0.6 is 0 Å². The Labute approximate surface area is 206 Å². The molecule has 0 unspecified atom stereocenters. The van der Waals surface area contributed by atoms with Crippen LogP contribution in [0.1, 0.15) is 56.4 Å². The molecule has 35 heavy (non-hydrogen) atoms. The summed E-state index contributed by atoms with van der Waals surface area (Å²) in [6, 6.07) is 14.0. The maximum Gasteiger partial charge on any atom is 0.264 e. The summed E-state index contributed by atoms with van der Waals surface area (Å²) in [5.74, 6) is -0.0538. The number of rotatable bonds is 10. The molecule has 1 saturated carbocycles. The van der Waals surface area contributed by atoms with Crippen LogP contribution in [0.25, 0.3) is 10.9 Å². The van der Waals surface area contributed by atoms with Gasteiger partial charge in [0.15, 0.2) is 0 Å². The molecule has 1 heterocycles. The number of ether oxygens (including phenoxy) is 1. The van der Waals surface area contributed by atoms with Crippen molar-refractivity contribution in [3.63, 3.8) is 0 Å². The van der Waals surface area contributed by atoms with Crippen LogP contribution in [0.15, 0.2) is 53.4 Å². The van der Waals surface area contributed by atoms with Crippen LogP contribution in [0.5, 0.6) is 5.75 Å². The van der Waals surface area contributed by atoms with E-state index in [9.17, 15) is 18.0 Å². The predicted molar refractivity (Wildman–Crippen MR) is 134 cm³/mol. The van der Waals surface area contributed by atoms with Crippen molar-refractivity contribution in [3.05, 3.63) is 65.4 Å². The maximum absolute atomic E-state index is 13.5. The number of amides is 1. The van der Waals surface area contributed by atoms with Crippen LogP contribution in [-0.2, 0) is 31.4 Å². The number of nitrogens with one attached hydrogen (secondary N) is 1. The average Bonchev–Trinajstić information content (AvgIpc) is 3.65. The number of carbonyl (C=O) groups excluding carboxylic acids is 2.